The Morgan fingerprint density at radius 2 is 2.00 bits per heavy atom. The molecular weight excluding hydrogens is 310 g/mol. The van der Waals surface area contributed by atoms with Crippen molar-refractivity contribution in [3.8, 4) is 0 Å². The average molecular weight is 337 g/mol. The summed E-state index contributed by atoms with van der Waals surface area (Å²) in [4.78, 5) is 4.88. The first-order valence-corrected chi connectivity index (χ1v) is 10.4. The summed E-state index contributed by atoms with van der Waals surface area (Å²) in [5.74, 6) is 0.597. The van der Waals surface area contributed by atoms with Crippen LogP contribution in [0.3, 0.4) is 0 Å². The number of benzene rings is 1. The molecule has 0 bridgehead atoms. The van der Waals surface area contributed by atoms with Crippen molar-refractivity contribution in [2.45, 2.75) is 25.8 Å². The molecule has 2 saturated heterocycles. The second-order valence-corrected chi connectivity index (χ2v) is 8.80. The van der Waals surface area contributed by atoms with Crippen LogP contribution in [-0.4, -0.2) is 63.6 Å². The Hall–Kier alpha value is -1.27. The van der Waals surface area contributed by atoms with Gasteiger partial charge in [0.25, 0.3) is 0 Å². The Morgan fingerprint density at radius 1 is 1.22 bits per heavy atom. The molecule has 0 amide bonds. The maximum absolute atomic E-state index is 11.8. The van der Waals surface area contributed by atoms with Crippen molar-refractivity contribution in [3.63, 3.8) is 0 Å². The van der Waals surface area contributed by atoms with Crippen LogP contribution in [0.25, 0.3) is 0 Å². The third-order valence-electron chi connectivity index (χ3n) is 4.86. The van der Waals surface area contributed by atoms with E-state index in [1.54, 1.807) is 0 Å². The van der Waals surface area contributed by atoms with Gasteiger partial charge in [0.2, 0.25) is 0 Å². The minimum Gasteiger partial charge on any atom is -0.381 e. The normalized spacial score (nSPS) is 25.3. The summed E-state index contributed by atoms with van der Waals surface area (Å²) in [5.41, 5.74) is 2.26. The summed E-state index contributed by atoms with van der Waals surface area (Å²) in [7, 11) is -2.87. The molecular formula is C17H27N3O2S. The van der Waals surface area contributed by atoms with E-state index in [0.29, 0.717) is 5.75 Å². The first-order chi connectivity index (χ1) is 11.1. The number of nitrogens with zero attached hydrogens (tertiary/aromatic N) is 2. The van der Waals surface area contributed by atoms with Crippen molar-refractivity contribution in [3.05, 3.63) is 24.3 Å². The predicted molar refractivity (Wildman–Crippen MR) is 96.1 cm³/mol. The SMILES string of the molecule is CCN1CCN(c2cccc(NC3CCCS(=O)(=O)C3)c2)CC1. The monoisotopic (exact) mass is 337 g/mol. The van der Waals surface area contributed by atoms with Gasteiger partial charge in [-0.2, -0.15) is 0 Å². The smallest absolute Gasteiger partial charge is 0.152 e. The van der Waals surface area contributed by atoms with Gasteiger partial charge < -0.3 is 15.1 Å². The first-order valence-electron chi connectivity index (χ1n) is 8.60. The van der Waals surface area contributed by atoms with E-state index >= 15 is 0 Å². The topological polar surface area (TPSA) is 52.6 Å². The zero-order valence-electron chi connectivity index (χ0n) is 13.9. The van der Waals surface area contributed by atoms with Gasteiger partial charge in [0.15, 0.2) is 9.84 Å². The standard InChI is InChI=1S/C17H27N3O2S/c1-2-19-8-10-20(11-9-19)17-7-3-5-15(13-17)18-16-6-4-12-23(21,22)14-16/h3,5,7,13,16,18H,2,4,6,8-12,14H2,1H3. The van der Waals surface area contributed by atoms with Crippen LogP contribution >= 0.6 is 0 Å². The molecule has 128 valence electrons. The van der Waals surface area contributed by atoms with Crippen LogP contribution in [0.1, 0.15) is 19.8 Å². The number of hydrogen-bond donors (Lipinski definition) is 1. The van der Waals surface area contributed by atoms with Gasteiger partial charge in [0.1, 0.15) is 0 Å². The summed E-state index contributed by atoms with van der Waals surface area (Å²) in [6.07, 6.45) is 1.69. The highest BCUT2D eigenvalue weighted by Crippen LogP contribution is 2.23. The van der Waals surface area contributed by atoms with Gasteiger partial charge in [-0.3, -0.25) is 0 Å². The van der Waals surface area contributed by atoms with Crippen molar-refractivity contribution >= 4 is 21.2 Å². The molecule has 1 atom stereocenters. The lowest BCUT2D eigenvalue weighted by atomic mass is 10.1. The molecule has 1 aromatic rings. The number of likely N-dealkylation sites (N-methyl/N-ethyl adjacent to an activating group) is 1. The number of piperazine rings is 1. The van der Waals surface area contributed by atoms with E-state index < -0.39 is 9.84 Å². The van der Waals surface area contributed by atoms with Gasteiger partial charge >= 0.3 is 0 Å². The molecule has 1 unspecified atom stereocenters. The molecule has 3 rings (SSSR count). The Morgan fingerprint density at radius 3 is 2.70 bits per heavy atom. The lowest BCUT2D eigenvalue weighted by molar-refractivity contribution is 0.271. The zero-order valence-corrected chi connectivity index (χ0v) is 14.7. The Kier molecular flexibility index (Phi) is 5.11. The molecule has 1 N–H and O–H groups in total. The average Bonchev–Trinajstić information content (AvgIpc) is 2.54. The van der Waals surface area contributed by atoms with Gasteiger partial charge in [-0.1, -0.05) is 13.0 Å². The molecule has 2 aliphatic heterocycles. The largest absolute Gasteiger partial charge is 0.381 e. The summed E-state index contributed by atoms with van der Waals surface area (Å²) in [6, 6.07) is 8.43. The number of sulfone groups is 1. The highest BCUT2D eigenvalue weighted by atomic mass is 32.2. The fraction of sp³-hybridized carbons (Fsp3) is 0.647. The predicted octanol–water partition coefficient (Wildman–Crippen LogP) is 1.82. The van der Waals surface area contributed by atoms with Gasteiger partial charge in [0.05, 0.1) is 11.5 Å². The minimum absolute atomic E-state index is 0.0425. The van der Waals surface area contributed by atoms with E-state index in [2.05, 4.69) is 40.2 Å². The molecule has 2 heterocycles. The molecule has 0 aromatic heterocycles. The molecule has 6 heteroatoms. The highest BCUT2D eigenvalue weighted by molar-refractivity contribution is 7.91. The lowest BCUT2D eigenvalue weighted by Gasteiger charge is -2.35. The minimum atomic E-state index is -2.87. The second kappa shape index (κ2) is 7.09. The van der Waals surface area contributed by atoms with Crippen molar-refractivity contribution in [2.24, 2.45) is 0 Å². The van der Waals surface area contributed by atoms with Crippen molar-refractivity contribution in [1.29, 1.82) is 0 Å². The van der Waals surface area contributed by atoms with E-state index in [0.717, 1.165) is 51.3 Å². The third kappa shape index (κ3) is 4.38. The van der Waals surface area contributed by atoms with Crippen LogP contribution in [0.4, 0.5) is 11.4 Å². The van der Waals surface area contributed by atoms with Gasteiger partial charge in [-0.05, 0) is 37.6 Å². The van der Waals surface area contributed by atoms with Crippen LogP contribution in [0.15, 0.2) is 24.3 Å². The number of hydrogen-bond acceptors (Lipinski definition) is 5. The zero-order chi connectivity index (χ0) is 16.3. The number of anilines is 2. The molecule has 0 saturated carbocycles. The maximum Gasteiger partial charge on any atom is 0.152 e. The van der Waals surface area contributed by atoms with Crippen molar-refractivity contribution in [2.75, 3.05) is 54.4 Å². The first kappa shape index (κ1) is 16.6. The van der Waals surface area contributed by atoms with Gasteiger partial charge in [0, 0.05) is 43.6 Å². The van der Waals surface area contributed by atoms with E-state index in [1.807, 2.05) is 6.07 Å². The summed E-state index contributed by atoms with van der Waals surface area (Å²) in [6.45, 7) is 7.64. The molecule has 5 nitrogen and oxygen atoms in total. The van der Waals surface area contributed by atoms with E-state index in [1.165, 1.54) is 5.69 Å². The second-order valence-electron chi connectivity index (χ2n) is 6.57. The summed E-state index contributed by atoms with van der Waals surface area (Å²) >= 11 is 0. The van der Waals surface area contributed by atoms with Crippen LogP contribution in [-0.2, 0) is 9.84 Å². The quantitative estimate of drug-likeness (QED) is 0.908. The molecule has 2 fully saturated rings. The van der Waals surface area contributed by atoms with Crippen LogP contribution < -0.4 is 10.2 Å². The number of rotatable bonds is 4. The van der Waals surface area contributed by atoms with Crippen LogP contribution in [0.2, 0.25) is 0 Å². The van der Waals surface area contributed by atoms with E-state index in [4.69, 9.17) is 0 Å². The van der Waals surface area contributed by atoms with Crippen molar-refractivity contribution < 1.29 is 8.42 Å². The van der Waals surface area contributed by atoms with E-state index in [-0.39, 0.29) is 11.8 Å². The molecule has 2 aliphatic rings. The molecule has 0 spiro atoms. The summed E-state index contributed by atoms with van der Waals surface area (Å²) < 4.78 is 23.5. The molecule has 1 aromatic carbocycles. The summed E-state index contributed by atoms with van der Waals surface area (Å²) in [5, 5.41) is 3.42. The van der Waals surface area contributed by atoms with Crippen LogP contribution in [0.5, 0.6) is 0 Å². The number of nitrogens with one attached hydrogen (secondary N) is 1. The van der Waals surface area contributed by atoms with Crippen molar-refractivity contribution in [1.82, 2.24) is 4.90 Å². The Balaban J connectivity index is 1.63. The Labute approximate surface area is 139 Å². The maximum atomic E-state index is 11.8. The van der Waals surface area contributed by atoms with Gasteiger partial charge in [-0.25, -0.2) is 8.42 Å². The molecule has 23 heavy (non-hydrogen) atoms. The van der Waals surface area contributed by atoms with Gasteiger partial charge in [-0.15, -0.1) is 0 Å². The fourth-order valence-electron chi connectivity index (χ4n) is 3.49. The third-order valence-corrected chi connectivity index (χ3v) is 6.69. The molecule has 0 aliphatic carbocycles. The fourth-order valence-corrected chi connectivity index (χ4v) is 5.12. The highest BCUT2D eigenvalue weighted by Gasteiger charge is 2.24. The van der Waals surface area contributed by atoms with E-state index in [9.17, 15) is 8.42 Å². The molecule has 0 radical (unpaired) electrons. The lowest BCUT2D eigenvalue weighted by Crippen LogP contribution is -2.46. The Bertz CT molecular complexity index is 624. The van der Waals surface area contributed by atoms with Crippen LogP contribution in [0, 0.1) is 0 Å².